The average molecular weight is 353 g/mol. The van der Waals surface area contributed by atoms with Crippen molar-refractivity contribution >= 4 is 11.7 Å². The molecule has 0 aliphatic carbocycles. The Morgan fingerprint density at radius 2 is 1.92 bits per heavy atom. The van der Waals surface area contributed by atoms with Crippen LogP contribution in [0.5, 0.6) is 11.5 Å². The molecule has 0 spiro atoms. The Bertz CT molecular complexity index is 587. The van der Waals surface area contributed by atoms with Crippen LogP contribution in [-0.2, 0) is 9.53 Å². The van der Waals surface area contributed by atoms with Gasteiger partial charge in [-0.05, 0) is 19.3 Å². The fraction of sp³-hybridized carbons (Fsp3) is 0.611. The Labute approximate surface area is 148 Å². The van der Waals surface area contributed by atoms with Crippen LogP contribution in [0, 0.1) is 10.1 Å². The number of unbranched alkanes of at least 4 members (excludes halogenated alkanes) is 2. The van der Waals surface area contributed by atoms with E-state index >= 15 is 0 Å². The Balaban J connectivity index is 3.30. The second-order valence-corrected chi connectivity index (χ2v) is 5.73. The molecule has 7 nitrogen and oxygen atoms in total. The lowest BCUT2D eigenvalue weighted by molar-refractivity contribution is -0.385. The highest BCUT2D eigenvalue weighted by Gasteiger charge is 2.26. The van der Waals surface area contributed by atoms with Crippen LogP contribution in [0.3, 0.4) is 0 Å². The molecule has 1 rings (SSSR count). The quantitative estimate of drug-likeness (QED) is 0.256. The third-order valence-electron chi connectivity index (χ3n) is 4.02. The molecule has 0 aliphatic rings. The molecule has 0 radical (unpaired) electrons. The summed E-state index contributed by atoms with van der Waals surface area (Å²) in [6.07, 6.45) is 3.84. The highest BCUT2D eigenvalue weighted by Crippen LogP contribution is 2.42. The zero-order valence-corrected chi connectivity index (χ0v) is 15.4. The van der Waals surface area contributed by atoms with Gasteiger partial charge in [0, 0.05) is 11.6 Å². The van der Waals surface area contributed by atoms with Crippen molar-refractivity contribution < 1.29 is 23.9 Å². The normalized spacial score (nSPS) is 11.7. The number of non-ortho nitro benzene ring substituents is 1. The molecule has 0 saturated carbocycles. The summed E-state index contributed by atoms with van der Waals surface area (Å²) in [6.45, 7) is 4.15. The van der Waals surface area contributed by atoms with Gasteiger partial charge in [0.15, 0.2) is 11.5 Å². The monoisotopic (exact) mass is 353 g/mol. The molecule has 1 unspecified atom stereocenters. The number of hydrogen-bond acceptors (Lipinski definition) is 6. The van der Waals surface area contributed by atoms with Crippen LogP contribution in [0.1, 0.15) is 57.4 Å². The van der Waals surface area contributed by atoms with Crippen LogP contribution in [0.25, 0.3) is 0 Å². The summed E-state index contributed by atoms with van der Waals surface area (Å²) in [7, 11) is 2.92. The fourth-order valence-electron chi connectivity index (χ4n) is 2.82. The molecule has 0 fully saturated rings. The number of benzene rings is 1. The molecule has 0 saturated heterocycles. The Morgan fingerprint density at radius 1 is 1.20 bits per heavy atom. The second-order valence-electron chi connectivity index (χ2n) is 5.73. The van der Waals surface area contributed by atoms with Crippen LogP contribution < -0.4 is 9.47 Å². The minimum Gasteiger partial charge on any atom is -0.493 e. The van der Waals surface area contributed by atoms with Crippen LogP contribution >= 0.6 is 0 Å². The van der Waals surface area contributed by atoms with Crippen molar-refractivity contribution in [1.82, 2.24) is 0 Å². The third kappa shape index (κ3) is 5.92. The van der Waals surface area contributed by atoms with Gasteiger partial charge < -0.3 is 14.2 Å². The van der Waals surface area contributed by atoms with Crippen molar-refractivity contribution in [3.05, 3.63) is 27.8 Å². The molecule has 140 valence electrons. The topological polar surface area (TPSA) is 87.9 Å². The van der Waals surface area contributed by atoms with Crippen molar-refractivity contribution in [2.24, 2.45) is 0 Å². The van der Waals surface area contributed by atoms with Crippen LogP contribution in [-0.4, -0.2) is 31.7 Å². The molecular formula is C18H27NO6. The molecule has 0 heterocycles. The van der Waals surface area contributed by atoms with Crippen molar-refractivity contribution in [2.45, 2.75) is 51.9 Å². The molecule has 1 aromatic carbocycles. The summed E-state index contributed by atoms with van der Waals surface area (Å²) in [5, 5.41) is 11.2. The molecule has 25 heavy (non-hydrogen) atoms. The SMILES string of the molecule is CCCCCC(CC(=O)OCC)c1cc([N+](=O)[O-])cc(OC)c1OC. The first kappa shape index (κ1) is 20.7. The zero-order chi connectivity index (χ0) is 18.8. The van der Waals surface area contributed by atoms with Gasteiger partial charge in [-0.15, -0.1) is 0 Å². The minimum atomic E-state index is -0.473. The minimum absolute atomic E-state index is 0.0861. The smallest absolute Gasteiger partial charge is 0.306 e. The predicted octanol–water partition coefficient (Wildman–Crippen LogP) is 4.23. The summed E-state index contributed by atoms with van der Waals surface area (Å²) in [5.41, 5.74) is 0.523. The van der Waals surface area contributed by atoms with Crippen molar-refractivity contribution in [1.29, 1.82) is 0 Å². The van der Waals surface area contributed by atoms with E-state index in [0.717, 1.165) is 19.3 Å². The van der Waals surface area contributed by atoms with Crippen molar-refractivity contribution in [3.63, 3.8) is 0 Å². The number of rotatable bonds is 11. The number of ether oxygens (including phenoxy) is 3. The number of carbonyl (C=O) groups is 1. The molecule has 0 aromatic heterocycles. The van der Waals surface area contributed by atoms with Gasteiger partial charge in [-0.3, -0.25) is 14.9 Å². The van der Waals surface area contributed by atoms with E-state index in [1.807, 2.05) is 0 Å². The number of nitrogens with zero attached hydrogens (tertiary/aromatic N) is 1. The Morgan fingerprint density at radius 3 is 2.44 bits per heavy atom. The Kier molecular flexibility index (Phi) is 8.74. The van der Waals surface area contributed by atoms with E-state index in [1.54, 1.807) is 6.92 Å². The molecule has 0 N–H and O–H groups in total. The summed E-state index contributed by atoms with van der Waals surface area (Å²) >= 11 is 0. The number of carbonyl (C=O) groups excluding carboxylic acids is 1. The first-order valence-electron chi connectivity index (χ1n) is 8.54. The first-order valence-corrected chi connectivity index (χ1v) is 8.54. The number of hydrogen-bond donors (Lipinski definition) is 0. The lowest BCUT2D eigenvalue weighted by Gasteiger charge is -2.20. The van der Waals surface area contributed by atoms with E-state index in [-0.39, 0.29) is 29.7 Å². The largest absolute Gasteiger partial charge is 0.493 e. The van der Waals surface area contributed by atoms with Gasteiger partial charge in [0.1, 0.15) is 0 Å². The summed E-state index contributed by atoms with van der Waals surface area (Å²) in [6, 6.07) is 2.80. The van der Waals surface area contributed by atoms with E-state index in [9.17, 15) is 14.9 Å². The van der Waals surface area contributed by atoms with E-state index < -0.39 is 4.92 Å². The van der Waals surface area contributed by atoms with Gasteiger partial charge in [-0.25, -0.2) is 0 Å². The fourth-order valence-corrected chi connectivity index (χ4v) is 2.82. The van der Waals surface area contributed by atoms with Gasteiger partial charge in [0.2, 0.25) is 0 Å². The highest BCUT2D eigenvalue weighted by molar-refractivity contribution is 5.71. The molecule has 0 aliphatic heterocycles. The lowest BCUT2D eigenvalue weighted by atomic mass is 9.89. The van der Waals surface area contributed by atoms with Gasteiger partial charge in [-0.2, -0.15) is 0 Å². The zero-order valence-electron chi connectivity index (χ0n) is 15.4. The summed E-state index contributed by atoms with van der Waals surface area (Å²) < 4.78 is 15.7. The molecule has 1 atom stereocenters. The van der Waals surface area contributed by atoms with E-state index in [2.05, 4.69) is 6.92 Å². The Hall–Kier alpha value is -2.31. The highest BCUT2D eigenvalue weighted by atomic mass is 16.6. The molecule has 7 heteroatoms. The maximum absolute atomic E-state index is 12.0. The second kappa shape index (κ2) is 10.5. The van der Waals surface area contributed by atoms with E-state index in [4.69, 9.17) is 14.2 Å². The summed E-state index contributed by atoms with van der Waals surface area (Å²) in [4.78, 5) is 22.8. The maximum atomic E-state index is 12.0. The van der Waals surface area contributed by atoms with E-state index in [1.165, 1.54) is 26.4 Å². The molecule has 0 amide bonds. The van der Waals surface area contributed by atoms with E-state index in [0.29, 0.717) is 24.3 Å². The average Bonchev–Trinajstić information content (AvgIpc) is 2.59. The first-order chi connectivity index (χ1) is 12.0. The van der Waals surface area contributed by atoms with Gasteiger partial charge in [0.05, 0.1) is 38.2 Å². The maximum Gasteiger partial charge on any atom is 0.306 e. The van der Waals surface area contributed by atoms with Crippen LogP contribution in [0.15, 0.2) is 12.1 Å². The van der Waals surface area contributed by atoms with Crippen LogP contribution in [0.2, 0.25) is 0 Å². The standard InChI is InChI=1S/C18H27NO6/c1-5-7-8-9-13(10-17(20)25-6-2)15-11-14(19(21)22)12-16(23-3)18(15)24-4/h11-13H,5-10H2,1-4H3. The number of nitro groups is 1. The molecule has 1 aromatic rings. The van der Waals surface area contributed by atoms with Gasteiger partial charge >= 0.3 is 5.97 Å². The predicted molar refractivity (Wildman–Crippen MR) is 94.3 cm³/mol. The number of nitro benzene ring substituents is 1. The third-order valence-corrected chi connectivity index (χ3v) is 4.02. The summed E-state index contributed by atoms with van der Waals surface area (Å²) in [5.74, 6) is 0.167. The number of methoxy groups -OCH3 is 2. The molecular weight excluding hydrogens is 326 g/mol. The lowest BCUT2D eigenvalue weighted by Crippen LogP contribution is -2.12. The van der Waals surface area contributed by atoms with Crippen molar-refractivity contribution in [3.8, 4) is 11.5 Å². The van der Waals surface area contributed by atoms with Crippen molar-refractivity contribution in [2.75, 3.05) is 20.8 Å². The van der Waals surface area contributed by atoms with Crippen LogP contribution in [0.4, 0.5) is 5.69 Å². The molecule has 0 bridgehead atoms. The van der Waals surface area contributed by atoms with Gasteiger partial charge in [-0.1, -0.05) is 26.2 Å². The van der Waals surface area contributed by atoms with Gasteiger partial charge in [0.25, 0.3) is 5.69 Å². The number of esters is 1.